The SMILES string of the molecule is Cn1cc(N2CCC[C@@H](N[C@H]3CCCc4sccc43)C2)cn1. The number of hydrogen-bond acceptors (Lipinski definition) is 4. The average molecular weight is 316 g/mol. The summed E-state index contributed by atoms with van der Waals surface area (Å²) in [4.78, 5) is 4.08. The van der Waals surface area contributed by atoms with Crippen LogP contribution in [-0.2, 0) is 13.5 Å². The molecule has 1 fully saturated rings. The molecule has 118 valence electrons. The van der Waals surface area contributed by atoms with Gasteiger partial charge in [-0.1, -0.05) is 0 Å². The molecule has 4 rings (SSSR count). The van der Waals surface area contributed by atoms with Gasteiger partial charge in [0.1, 0.15) is 0 Å². The maximum absolute atomic E-state index is 4.31. The van der Waals surface area contributed by atoms with Gasteiger partial charge < -0.3 is 10.2 Å². The molecule has 2 aromatic rings. The molecule has 2 aliphatic rings. The molecule has 4 nitrogen and oxygen atoms in total. The minimum atomic E-state index is 0.564. The van der Waals surface area contributed by atoms with E-state index in [2.05, 4.69) is 33.0 Å². The molecule has 1 saturated heterocycles. The van der Waals surface area contributed by atoms with Crippen molar-refractivity contribution >= 4 is 17.0 Å². The molecule has 0 bridgehead atoms. The fourth-order valence-corrected chi connectivity index (χ4v) is 4.85. The van der Waals surface area contributed by atoms with Crippen LogP contribution in [0.15, 0.2) is 23.8 Å². The van der Waals surface area contributed by atoms with Crippen LogP contribution < -0.4 is 10.2 Å². The molecule has 3 heterocycles. The average Bonchev–Trinajstić information content (AvgIpc) is 3.17. The third-order valence-electron chi connectivity index (χ3n) is 4.97. The van der Waals surface area contributed by atoms with Crippen molar-refractivity contribution in [3.63, 3.8) is 0 Å². The number of nitrogens with zero attached hydrogens (tertiary/aromatic N) is 3. The predicted octanol–water partition coefficient (Wildman–Crippen LogP) is 3.12. The van der Waals surface area contributed by atoms with E-state index >= 15 is 0 Å². The second kappa shape index (κ2) is 6.05. The zero-order valence-electron chi connectivity index (χ0n) is 13.2. The number of thiophene rings is 1. The molecule has 2 aromatic heterocycles. The molecule has 1 aliphatic carbocycles. The smallest absolute Gasteiger partial charge is 0.0752 e. The van der Waals surface area contributed by atoms with E-state index in [9.17, 15) is 0 Å². The van der Waals surface area contributed by atoms with Crippen LogP contribution in [0.5, 0.6) is 0 Å². The lowest BCUT2D eigenvalue weighted by Crippen LogP contribution is -2.47. The van der Waals surface area contributed by atoms with E-state index < -0.39 is 0 Å². The number of anilines is 1. The molecular formula is C17H24N4S. The molecular weight excluding hydrogens is 292 g/mol. The van der Waals surface area contributed by atoms with Gasteiger partial charge in [0.2, 0.25) is 0 Å². The van der Waals surface area contributed by atoms with Gasteiger partial charge in [-0.25, -0.2) is 0 Å². The monoisotopic (exact) mass is 316 g/mol. The number of aryl methyl sites for hydroxylation is 2. The second-order valence-corrected chi connectivity index (χ2v) is 7.57. The molecule has 1 aliphatic heterocycles. The van der Waals surface area contributed by atoms with Crippen LogP contribution in [0.2, 0.25) is 0 Å². The summed E-state index contributed by atoms with van der Waals surface area (Å²) in [5.41, 5.74) is 2.82. The summed E-state index contributed by atoms with van der Waals surface area (Å²) >= 11 is 1.93. The third kappa shape index (κ3) is 2.79. The van der Waals surface area contributed by atoms with E-state index in [1.807, 2.05) is 29.3 Å². The standard InChI is InChI=1S/C17H24N4S/c1-20-12-14(10-18-20)21-8-3-4-13(11-21)19-16-5-2-6-17-15(16)7-9-22-17/h7,9-10,12-13,16,19H,2-6,8,11H2,1H3/t13-,16+/m1/s1. The highest BCUT2D eigenvalue weighted by Crippen LogP contribution is 2.34. The van der Waals surface area contributed by atoms with Gasteiger partial charge in [0.05, 0.1) is 11.9 Å². The first kappa shape index (κ1) is 14.3. The van der Waals surface area contributed by atoms with Gasteiger partial charge in [-0.05, 0) is 49.1 Å². The normalized spacial score (nSPS) is 25.2. The minimum absolute atomic E-state index is 0.564. The zero-order valence-corrected chi connectivity index (χ0v) is 14.0. The molecule has 0 saturated carbocycles. The van der Waals surface area contributed by atoms with Crippen LogP contribution in [-0.4, -0.2) is 28.9 Å². The molecule has 0 amide bonds. The Hall–Kier alpha value is -1.33. The quantitative estimate of drug-likeness (QED) is 0.944. The molecule has 1 N–H and O–H groups in total. The van der Waals surface area contributed by atoms with Crippen molar-refractivity contribution < 1.29 is 0 Å². The van der Waals surface area contributed by atoms with Crippen molar-refractivity contribution in [3.05, 3.63) is 34.3 Å². The molecule has 22 heavy (non-hydrogen) atoms. The van der Waals surface area contributed by atoms with Crippen LogP contribution in [0.4, 0.5) is 5.69 Å². The number of fused-ring (bicyclic) bond motifs is 1. The van der Waals surface area contributed by atoms with Gasteiger partial charge in [-0.3, -0.25) is 4.68 Å². The highest BCUT2D eigenvalue weighted by atomic mass is 32.1. The number of hydrogen-bond donors (Lipinski definition) is 1. The summed E-state index contributed by atoms with van der Waals surface area (Å²) in [7, 11) is 1.99. The fourth-order valence-electron chi connectivity index (χ4n) is 3.86. The Bertz CT molecular complexity index is 632. The van der Waals surface area contributed by atoms with Gasteiger partial charge in [0, 0.05) is 43.3 Å². The first-order valence-corrected chi connectivity index (χ1v) is 9.23. The van der Waals surface area contributed by atoms with Crippen LogP contribution in [0.1, 0.15) is 42.2 Å². The number of piperidine rings is 1. The van der Waals surface area contributed by atoms with Crippen LogP contribution in [0.25, 0.3) is 0 Å². The zero-order chi connectivity index (χ0) is 14.9. The topological polar surface area (TPSA) is 33.1 Å². The van der Waals surface area contributed by atoms with Crippen molar-refractivity contribution in [2.75, 3.05) is 18.0 Å². The number of rotatable bonds is 3. The largest absolute Gasteiger partial charge is 0.367 e. The van der Waals surface area contributed by atoms with E-state index in [0.717, 1.165) is 13.1 Å². The van der Waals surface area contributed by atoms with E-state index in [4.69, 9.17) is 0 Å². The lowest BCUT2D eigenvalue weighted by atomic mass is 9.92. The molecule has 0 aromatic carbocycles. The van der Waals surface area contributed by atoms with Crippen molar-refractivity contribution in [3.8, 4) is 0 Å². The Kier molecular flexibility index (Phi) is 3.92. The summed E-state index contributed by atoms with van der Waals surface area (Å²) in [6.07, 6.45) is 10.5. The lowest BCUT2D eigenvalue weighted by Gasteiger charge is -2.37. The summed E-state index contributed by atoms with van der Waals surface area (Å²) < 4.78 is 1.89. The first-order chi connectivity index (χ1) is 10.8. The van der Waals surface area contributed by atoms with Crippen molar-refractivity contribution in [1.82, 2.24) is 15.1 Å². The van der Waals surface area contributed by atoms with Gasteiger partial charge >= 0.3 is 0 Å². The maximum Gasteiger partial charge on any atom is 0.0752 e. The van der Waals surface area contributed by atoms with Crippen LogP contribution in [0, 0.1) is 0 Å². The Morgan fingerprint density at radius 3 is 3.14 bits per heavy atom. The summed E-state index contributed by atoms with van der Waals surface area (Å²) in [5, 5.41) is 10.5. The Labute approximate surface area is 136 Å². The second-order valence-electron chi connectivity index (χ2n) is 6.57. The predicted molar refractivity (Wildman–Crippen MR) is 91.6 cm³/mol. The lowest BCUT2D eigenvalue weighted by molar-refractivity contribution is 0.354. The maximum atomic E-state index is 4.31. The Balaban J connectivity index is 1.43. The minimum Gasteiger partial charge on any atom is -0.367 e. The summed E-state index contributed by atoms with van der Waals surface area (Å²) in [6.45, 7) is 2.25. The molecule has 2 atom stereocenters. The molecule has 0 unspecified atom stereocenters. The van der Waals surface area contributed by atoms with E-state index in [-0.39, 0.29) is 0 Å². The van der Waals surface area contributed by atoms with Gasteiger partial charge in [0.15, 0.2) is 0 Å². The summed E-state index contributed by atoms with van der Waals surface area (Å²) in [6, 6.07) is 3.48. The highest BCUT2D eigenvalue weighted by Gasteiger charge is 2.27. The van der Waals surface area contributed by atoms with Crippen molar-refractivity contribution in [2.24, 2.45) is 7.05 Å². The molecule has 5 heteroatoms. The van der Waals surface area contributed by atoms with E-state index in [1.54, 1.807) is 10.4 Å². The summed E-state index contributed by atoms with van der Waals surface area (Å²) in [5.74, 6) is 0. The van der Waals surface area contributed by atoms with Crippen LogP contribution >= 0.6 is 11.3 Å². The van der Waals surface area contributed by atoms with Crippen molar-refractivity contribution in [2.45, 2.75) is 44.2 Å². The Morgan fingerprint density at radius 1 is 1.32 bits per heavy atom. The van der Waals surface area contributed by atoms with Gasteiger partial charge in [0.25, 0.3) is 0 Å². The van der Waals surface area contributed by atoms with Crippen LogP contribution in [0.3, 0.4) is 0 Å². The third-order valence-corrected chi connectivity index (χ3v) is 5.96. The molecule has 0 radical (unpaired) electrons. The van der Waals surface area contributed by atoms with E-state index in [1.165, 1.54) is 37.8 Å². The first-order valence-electron chi connectivity index (χ1n) is 8.35. The molecule has 0 spiro atoms. The number of nitrogens with one attached hydrogen (secondary N) is 1. The van der Waals surface area contributed by atoms with Gasteiger partial charge in [-0.15, -0.1) is 11.3 Å². The highest BCUT2D eigenvalue weighted by molar-refractivity contribution is 7.10. The van der Waals surface area contributed by atoms with Gasteiger partial charge in [-0.2, -0.15) is 5.10 Å². The van der Waals surface area contributed by atoms with Crippen molar-refractivity contribution in [1.29, 1.82) is 0 Å². The van der Waals surface area contributed by atoms with E-state index in [0.29, 0.717) is 12.1 Å². The fraction of sp³-hybridized carbons (Fsp3) is 0.588. The number of aromatic nitrogens is 2. The Morgan fingerprint density at radius 2 is 2.27 bits per heavy atom.